The molecule has 0 bridgehead atoms. The number of hydrogen-bond acceptors (Lipinski definition) is 6. The minimum atomic E-state index is -0.775. The van der Waals surface area contributed by atoms with Crippen molar-refractivity contribution < 1.29 is 9.85 Å². The third kappa shape index (κ3) is 3.93. The molecule has 44 heavy (non-hydrogen) atoms. The van der Waals surface area contributed by atoms with E-state index in [1.54, 1.807) is 109 Å². The molecule has 0 radical (unpaired) electrons. The SMILES string of the molecule is O=c1n(-c2ccccc2)c2ccccc2n1-c1cc(-n2c(=O)n(-c3ccccc3)c3ccccc32)c([N+](=O)[O-])cc1[N+](=O)[O-]. The van der Waals surface area contributed by atoms with Gasteiger partial charge in [-0.2, -0.15) is 0 Å². The summed E-state index contributed by atoms with van der Waals surface area (Å²) in [5, 5.41) is 24.8. The van der Waals surface area contributed by atoms with Crippen LogP contribution < -0.4 is 11.4 Å². The summed E-state index contributed by atoms with van der Waals surface area (Å²) in [6.45, 7) is 0. The summed E-state index contributed by atoms with van der Waals surface area (Å²) < 4.78 is 5.12. The first-order chi connectivity index (χ1) is 21.4. The predicted octanol–water partition coefficient (Wildman–Crippen LogP) is 5.69. The van der Waals surface area contributed by atoms with E-state index in [0.717, 1.165) is 15.2 Å². The molecular formula is C32H20N6O6. The van der Waals surface area contributed by atoms with Gasteiger partial charge < -0.3 is 0 Å². The predicted molar refractivity (Wildman–Crippen MR) is 165 cm³/mol. The minimum absolute atomic E-state index is 0.227. The summed E-state index contributed by atoms with van der Waals surface area (Å²) in [5.41, 5.74) is -0.378. The molecule has 7 aromatic rings. The quantitative estimate of drug-likeness (QED) is 0.182. The highest BCUT2D eigenvalue weighted by Gasteiger charge is 2.31. The van der Waals surface area contributed by atoms with E-state index >= 15 is 0 Å². The Labute approximate surface area is 246 Å². The third-order valence-electron chi connectivity index (χ3n) is 7.47. The topological polar surface area (TPSA) is 140 Å². The van der Waals surface area contributed by atoms with Gasteiger partial charge in [0.25, 0.3) is 11.4 Å². The van der Waals surface area contributed by atoms with Gasteiger partial charge in [0.15, 0.2) is 0 Å². The van der Waals surface area contributed by atoms with Crippen LogP contribution in [-0.4, -0.2) is 28.1 Å². The lowest BCUT2D eigenvalue weighted by molar-refractivity contribution is -0.393. The average molecular weight is 585 g/mol. The van der Waals surface area contributed by atoms with Crippen LogP contribution in [0, 0.1) is 20.2 Å². The number of rotatable bonds is 6. The molecule has 12 nitrogen and oxygen atoms in total. The maximum atomic E-state index is 14.1. The van der Waals surface area contributed by atoms with Crippen molar-refractivity contribution in [1.82, 2.24) is 18.3 Å². The fraction of sp³-hybridized carbons (Fsp3) is 0. The maximum absolute atomic E-state index is 14.1. The van der Waals surface area contributed by atoms with Crippen molar-refractivity contribution in [1.29, 1.82) is 0 Å². The van der Waals surface area contributed by atoms with Crippen LogP contribution in [0.15, 0.2) is 131 Å². The lowest BCUT2D eigenvalue weighted by atomic mass is 10.2. The van der Waals surface area contributed by atoms with Crippen molar-refractivity contribution in [3.63, 3.8) is 0 Å². The zero-order chi connectivity index (χ0) is 30.5. The van der Waals surface area contributed by atoms with Gasteiger partial charge >= 0.3 is 11.4 Å². The molecule has 7 rings (SSSR count). The zero-order valence-electron chi connectivity index (χ0n) is 22.7. The van der Waals surface area contributed by atoms with Gasteiger partial charge in [0, 0.05) is 6.07 Å². The molecule has 0 saturated carbocycles. The van der Waals surface area contributed by atoms with E-state index in [0.29, 0.717) is 33.4 Å². The molecule has 0 fully saturated rings. The summed E-state index contributed by atoms with van der Waals surface area (Å²) in [6.07, 6.45) is 0. The van der Waals surface area contributed by atoms with Crippen LogP contribution in [0.3, 0.4) is 0 Å². The second-order valence-electron chi connectivity index (χ2n) is 9.90. The summed E-state index contributed by atoms with van der Waals surface area (Å²) in [4.78, 5) is 51.4. The van der Waals surface area contributed by atoms with Crippen LogP contribution in [0.25, 0.3) is 44.8 Å². The van der Waals surface area contributed by atoms with E-state index < -0.39 is 32.6 Å². The molecule has 0 aliphatic rings. The van der Waals surface area contributed by atoms with Gasteiger partial charge in [-0.1, -0.05) is 60.7 Å². The second kappa shape index (κ2) is 10.1. The van der Waals surface area contributed by atoms with E-state index in [2.05, 4.69) is 0 Å². The first-order valence-corrected chi connectivity index (χ1v) is 13.4. The number of imidazole rings is 2. The highest BCUT2D eigenvalue weighted by atomic mass is 16.6. The number of para-hydroxylation sites is 6. The number of aromatic nitrogens is 4. The zero-order valence-corrected chi connectivity index (χ0v) is 22.7. The van der Waals surface area contributed by atoms with Crippen molar-refractivity contribution in [2.75, 3.05) is 0 Å². The molecule has 0 atom stereocenters. The molecule has 0 aliphatic heterocycles. The van der Waals surface area contributed by atoms with E-state index in [9.17, 15) is 29.8 Å². The molecule has 0 saturated heterocycles. The molecule has 5 aromatic carbocycles. The van der Waals surface area contributed by atoms with Crippen molar-refractivity contribution in [3.8, 4) is 22.7 Å². The van der Waals surface area contributed by atoms with Gasteiger partial charge in [-0.15, -0.1) is 0 Å². The lowest BCUT2D eigenvalue weighted by Gasteiger charge is -2.10. The number of nitro groups is 2. The number of benzene rings is 5. The molecule has 2 aromatic heterocycles. The van der Waals surface area contributed by atoms with Crippen molar-refractivity contribution in [2.45, 2.75) is 0 Å². The Hall–Kier alpha value is -6.56. The van der Waals surface area contributed by atoms with Crippen LogP contribution >= 0.6 is 0 Å². The molecule has 0 unspecified atom stereocenters. The fourth-order valence-electron chi connectivity index (χ4n) is 5.62. The molecule has 0 N–H and O–H groups in total. The van der Waals surface area contributed by atoms with Crippen molar-refractivity contribution in [3.05, 3.63) is 163 Å². The molecule has 0 amide bonds. The average Bonchev–Trinajstić information content (AvgIpc) is 3.50. The van der Waals surface area contributed by atoms with Crippen molar-refractivity contribution >= 4 is 33.4 Å². The van der Waals surface area contributed by atoms with Gasteiger partial charge in [0.05, 0.1) is 49.4 Å². The van der Waals surface area contributed by atoms with E-state index in [4.69, 9.17) is 0 Å². The van der Waals surface area contributed by atoms with Crippen LogP contribution in [0.1, 0.15) is 0 Å². The lowest BCUT2D eigenvalue weighted by Crippen LogP contribution is -2.25. The Morgan fingerprint density at radius 2 is 0.750 bits per heavy atom. The van der Waals surface area contributed by atoms with Gasteiger partial charge in [0.1, 0.15) is 11.4 Å². The first kappa shape index (κ1) is 26.3. The third-order valence-corrected chi connectivity index (χ3v) is 7.47. The number of nitro benzene ring substituents is 2. The summed E-state index contributed by atoms with van der Waals surface area (Å²) in [5.74, 6) is 0. The summed E-state index contributed by atoms with van der Waals surface area (Å²) in [7, 11) is 0. The largest absolute Gasteiger partial charge is 0.338 e. The van der Waals surface area contributed by atoms with Crippen LogP contribution in [0.5, 0.6) is 0 Å². The molecule has 0 spiro atoms. The monoisotopic (exact) mass is 584 g/mol. The second-order valence-corrected chi connectivity index (χ2v) is 9.90. The highest BCUT2D eigenvalue weighted by Crippen LogP contribution is 2.36. The Kier molecular flexibility index (Phi) is 6.03. The highest BCUT2D eigenvalue weighted by molar-refractivity contribution is 5.84. The summed E-state index contributed by atoms with van der Waals surface area (Å²) >= 11 is 0. The van der Waals surface area contributed by atoms with Gasteiger partial charge in [-0.05, 0) is 48.5 Å². The normalized spacial score (nSPS) is 11.3. The molecule has 214 valence electrons. The summed E-state index contributed by atoms with van der Waals surface area (Å²) in [6, 6.07) is 33.0. The van der Waals surface area contributed by atoms with Gasteiger partial charge in [-0.3, -0.25) is 38.5 Å². The Morgan fingerprint density at radius 1 is 0.432 bits per heavy atom. The van der Waals surface area contributed by atoms with Crippen LogP contribution in [0.4, 0.5) is 11.4 Å². The maximum Gasteiger partial charge on any atom is 0.338 e. The smallest absolute Gasteiger partial charge is 0.260 e. The standard InChI is InChI=1S/C32H20N6O6/c39-31-33(21-11-3-1-4-12-21)23-15-7-9-17-25(23)35(31)27-19-28(30(38(43)44)20-29(27)37(41)42)36-26-18-10-8-16-24(26)34(32(36)40)22-13-5-2-6-14-22/h1-20H. The number of nitrogens with zero attached hydrogens (tertiary/aromatic N) is 6. The van der Waals surface area contributed by atoms with Gasteiger partial charge in [0.2, 0.25) is 0 Å². The fourth-order valence-corrected chi connectivity index (χ4v) is 5.62. The Morgan fingerprint density at radius 3 is 1.09 bits per heavy atom. The minimum Gasteiger partial charge on any atom is -0.260 e. The van der Waals surface area contributed by atoms with Crippen LogP contribution in [0.2, 0.25) is 0 Å². The molecule has 0 aliphatic carbocycles. The molecule has 12 heteroatoms. The van der Waals surface area contributed by atoms with E-state index in [-0.39, 0.29) is 11.4 Å². The number of fused-ring (bicyclic) bond motifs is 2. The first-order valence-electron chi connectivity index (χ1n) is 13.4. The molecule has 2 heterocycles. The van der Waals surface area contributed by atoms with E-state index in [1.807, 2.05) is 0 Å². The Balaban J connectivity index is 1.61. The number of hydrogen-bond donors (Lipinski definition) is 0. The Bertz CT molecular complexity index is 2220. The van der Waals surface area contributed by atoms with E-state index in [1.165, 1.54) is 15.2 Å². The van der Waals surface area contributed by atoms with Crippen LogP contribution in [-0.2, 0) is 0 Å². The van der Waals surface area contributed by atoms with Crippen molar-refractivity contribution in [2.24, 2.45) is 0 Å². The molecular weight excluding hydrogens is 564 g/mol. The van der Waals surface area contributed by atoms with Gasteiger partial charge in [-0.25, -0.2) is 9.59 Å².